The molecule has 96 valence electrons. The Hall–Kier alpha value is -1.89. The normalized spacial score (nSPS) is 11.2. The first-order chi connectivity index (χ1) is 9.04. The maximum Gasteiger partial charge on any atom is 0.194 e. The predicted molar refractivity (Wildman–Crippen MR) is 66.9 cm³/mol. The molecule has 0 amide bonds. The number of fused-ring (bicyclic) bond motifs is 1. The van der Waals surface area contributed by atoms with Gasteiger partial charge in [0.05, 0.1) is 5.52 Å². The minimum Gasteiger partial charge on any atom is -0.337 e. The Bertz CT molecular complexity index is 762. The molecule has 7 heteroatoms. The van der Waals surface area contributed by atoms with E-state index in [9.17, 15) is 13.2 Å². The van der Waals surface area contributed by atoms with Crippen molar-refractivity contribution in [2.45, 2.75) is 0 Å². The van der Waals surface area contributed by atoms with Crippen LogP contribution in [0.25, 0.3) is 22.6 Å². The fourth-order valence-electron chi connectivity index (χ4n) is 1.70. The highest BCUT2D eigenvalue weighted by Crippen LogP contribution is 2.24. The predicted octanol–water partition coefficient (Wildman–Crippen LogP) is 3.80. The van der Waals surface area contributed by atoms with Crippen molar-refractivity contribution in [1.29, 1.82) is 0 Å². The van der Waals surface area contributed by atoms with Crippen molar-refractivity contribution in [3.8, 4) is 11.4 Å². The Labute approximate surface area is 113 Å². The average Bonchev–Trinajstić information content (AvgIpc) is 2.78. The molecule has 0 saturated heterocycles. The highest BCUT2D eigenvalue weighted by molar-refractivity contribution is 9.10. The SMILES string of the molecule is Fc1cc(-c2nc3ncc(Br)cc3[nH]2)cc(F)c1F. The zero-order valence-electron chi connectivity index (χ0n) is 9.22. The van der Waals surface area contributed by atoms with Gasteiger partial charge in [0.15, 0.2) is 23.1 Å². The summed E-state index contributed by atoms with van der Waals surface area (Å²) in [6, 6.07) is 3.49. The van der Waals surface area contributed by atoms with Crippen LogP contribution < -0.4 is 0 Å². The summed E-state index contributed by atoms with van der Waals surface area (Å²) in [5.41, 5.74) is 1.13. The van der Waals surface area contributed by atoms with Crippen LogP contribution in [-0.4, -0.2) is 15.0 Å². The molecule has 0 spiro atoms. The summed E-state index contributed by atoms with van der Waals surface area (Å²) >= 11 is 3.25. The third-order valence-corrected chi connectivity index (χ3v) is 2.99. The molecule has 2 aromatic heterocycles. The molecule has 1 aromatic carbocycles. The molecule has 1 N–H and O–H groups in total. The molecule has 0 bridgehead atoms. The van der Waals surface area contributed by atoms with Gasteiger partial charge in [-0.15, -0.1) is 0 Å². The number of nitrogens with zero attached hydrogens (tertiary/aromatic N) is 2. The monoisotopic (exact) mass is 327 g/mol. The van der Waals surface area contributed by atoms with Crippen molar-refractivity contribution >= 4 is 27.1 Å². The molecular weight excluding hydrogens is 323 g/mol. The number of rotatable bonds is 1. The zero-order valence-corrected chi connectivity index (χ0v) is 10.8. The average molecular weight is 328 g/mol. The first-order valence-corrected chi connectivity index (χ1v) is 6.00. The first kappa shape index (κ1) is 12.2. The van der Waals surface area contributed by atoms with E-state index in [-0.39, 0.29) is 11.4 Å². The summed E-state index contributed by atoms with van der Waals surface area (Å²) in [7, 11) is 0. The third-order valence-electron chi connectivity index (χ3n) is 2.56. The number of hydrogen-bond donors (Lipinski definition) is 1. The van der Waals surface area contributed by atoms with Crippen LogP contribution in [-0.2, 0) is 0 Å². The van der Waals surface area contributed by atoms with Crippen molar-refractivity contribution in [1.82, 2.24) is 15.0 Å². The molecule has 0 unspecified atom stereocenters. The number of halogens is 4. The third kappa shape index (κ3) is 2.10. The van der Waals surface area contributed by atoms with Gasteiger partial charge in [0.2, 0.25) is 0 Å². The lowest BCUT2D eigenvalue weighted by atomic mass is 10.2. The summed E-state index contributed by atoms with van der Waals surface area (Å²) < 4.78 is 40.0. The van der Waals surface area contributed by atoms with Crippen LogP contribution in [0.5, 0.6) is 0 Å². The standard InChI is InChI=1S/C12H5BrF3N3/c13-6-3-9-12(17-4-6)19-11(18-9)5-1-7(14)10(16)8(15)2-5/h1-4H,(H,17,18,19). The van der Waals surface area contributed by atoms with Gasteiger partial charge in [-0.2, -0.15) is 0 Å². The molecule has 19 heavy (non-hydrogen) atoms. The van der Waals surface area contributed by atoms with Gasteiger partial charge in [0, 0.05) is 16.2 Å². The molecule has 0 aliphatic heterocycles. The Balaban J connectivity index is 2.19. The van der Waals surface area contributed by atoms with Gasteiger partial charge in [0.25, 0.3) is 0 Å². The summed E-state index contributed by atoms with van der Waals surface area (Å²) in [5, 5.41) is 0. The first-order valence-electron chi connectivity index (χ1n) is 5.21. The topological polar surface area (TPSA) is 41.6 Å². The van der Waals surface area contributed by atoms with Gasteiger partial charge in [-0.1, -0.05) is 0 Å². The van der Waals surface area contributed by atoms with Gasteiger partial charge >= 0.3 is 0 Å². The molecule has 0 aliphatic rings. The van der Waals surface area contributed by atoms with Gasteiger partial charge < -0.3 is 4.98 Å². The number of hydrogen-bond acceptors (Lipinski definition) is 2. The van der Waals surface area contributed by atoms with Crippen LogP contribution in [0.3, 0.4) is 0 Å². The van der Waals surface area contributed by atoms with Gasteiger partial charge in [-0.05, 0) is 34.1 Å². The van der Waals surface area contributed by atoms with E-state index in [2.05, 4.69) is 30.9 Å². The number of benzene rings is 1. The highest BCUT2D eigenvalue weighted by Gasteiger charge is 2.14. The molecule has 0 radical (unpaired) electrons. The van der Waals surface area contributed by atoms with E-state index in [1.807, 2.05) is 0 Å². The Kier molecular flexibility index (Phi) is 2.78. The Morgan fingerprint density at radius 2 is 1.74 bits per heavy atom. The zero-order chi connectivity index (χ0) is 13.6. The molecular formula is C12H5BrF3N3. The molecule has 0 atom stereocenters. The summed E-state index contributed by atoms with van der Waals surface area (Å²) in [6.45, 7) is 0. The highest BCUT2D eigenvalue weighted by atomic mass is 79.9. The van der Waals surface area contributed by atoms with E-state index in [1.165, 1.54) is 0 Å². The van der Waals surface area contributed by atoms with E-state index >= 15 is 0 Å². The van der Waals surface area contributed by atoms with Crippen LogP contribution in [0.2, 0.25) is 0 Å². The van der Waals surface area contributed by atoms with E-state index in [4.69, 9.17) is 0 Å². The van der Waals surface area contributed by atoms with Crippen LogP contribution >= 0.6 is 15.9 Å². The summed E-state index contributed by atoms with van der Waals surface area (Å²) in [4.78, 5) is 11.0. The lowest BCUT2D eigenvalue weighted by Gasteiger charge is -1.99. The lowest BCUT2D eigenvalue weighted by Crippen LogP contribution is -1.92. The van der Waals surface area contributed by atoms with Crippen LogP contribution in [0.1, 0.15) is 0 Å². The smallest absolute Gasteiger partial charge is 0.194 e. The Morgan fingerprint density at radius 3 is 2.42 bits per heavy atom. The summed E-state index contributed by atoms with van der Waals surface area (Å²) in [5.74, 6) is -3.80. The van der Waals surface area contributed by atoms with E-state index in [0.29, 0.717) is 11.2 Å². The number of aromatic nitrogens is 3. The maximum atomic E-state index is 13.2. The molecule has 0 fully saturated rings. The van der Waals surface area contributed by atoms with E-state index in [0.717, 1.165) is 16.6 Å². The fourth-order valence-corrected chi connectivity index (χ4v) is 2.03. The minimum absolute atomic E-state index is 0.116. The fraction of sp³-hybridized carbons (Fsp3) is 0. The second kappa shape index (κ2) is 4.34. The van der Waals surface area contributed by atoms with Crippen molar-refractivity contribution in [3.63, 3.8) is 0 Å². The maximum absolute atomic E-state index is 13.2. The van der Waals surface area contributed by atoms with Crippen LogP contribution in [0.15, 0.2) is 28.9 Å². The number of pyridine rings is 1. The molecule has 3 rings (SSSR count). The van der Waals surface area contributed by atoms with Gasteiger partial charge in [-0.25, -0.2) is 23.1 Å². The number of H-pyrrole nitrogens is 1. The van der Waals surface area contributed by atoms with Crippen molar-refractivity contribution < 1.29 is 13.2 Å². The molecule has 0 saturated carbocycles. The molecule has 3 nitrogen and oxygen atoms in total. The Morgan fingerprint density at radius 1 is 1.05 bits per heavy atom. The van der Waals surface area contributed by atoms with Crippen molar-refractivity contribution in [3.05, 3.63) is 46.3 Å². The second-order valence-electron chi connectivity index (χ2n) is 3.86. The van der Waals surface area contributed by atoms with E-state index < -0.39 is 17.5 Å². The number of nitrogens with one attached hydrogen (secondary N) is 1. The number of imidazole rings is 1. The van der Waals surface area contributed by atoms with Crippen LogP contribution in [0, 0.1) is 17.5 Å². The lowest BCUT2D eigenvalue weighted by molar-refractivity contribution is 0.447. The van der Waals surface area contributed by atoms with Gasteiger partial charge in [0.1, 0.15) is 5.82 Å². The van der Waals surface area contributed by atoms with E-state index in [1.54, 1.807) is 12.3 Å². The second-order valence-corrected chi connectivity index (χ2v) is 4.78. The number of aromatic amines is 1. The van der Waals surface area contributed by atoms with Crippen molar-refractivity contribution in [2.75, 3.05) is 0 Å². The minimum atomic E-state index is -1.50. The molecule has 0 aliphatic carbocycles. The quantitative estimate of drug-likeness (QED) is 0.690. The van der Waals surface area contributed by atoms with Crippen LogP contribution in [0.4, 0.5) is 13.2 Å². The molecule has 2 heterocycles. The van der Waals surface area contributed by atoms with Crippen molar-refractivity contribution in [2.24, 2.45) is 0 Å². The summed E-state index contributed by atoms with van der Waals surface area (Å²) in [6.07, 6.45) is 1.55. The molecule has 3 aromatic rings. The van der Waals surface area contributed by atoms with Gasteiger partial charge in [-0.3, -0.25) is 0 Å². The largest absolute Gasteiger partial charge is 0.337 e.